The van der Waals surface area contributed by atoms with E-state index < -0.39 is 11.2 Å². The summed E-state index contributed by atoms with van der Waals surface area (Å²) >= 11 is 0. The Labute approximate surface area is 112 Å². The summed E-state index contributed by atoms with van der Waals surface area (Å²) < 4.78 is 1.25. The van der Waals surface area contributed by atoms with E-state index in [9.17, 15) is 9.59 Å². The number of hydrogen-bond acceptors (Lipinski definition) is 4. The zero-order valence-corrected chi connectivity index (χ0v) is 11.7. The standard InChI is InChI=1S/C13H22N4O2/c1-7-5-4-6-9(8(7)2)15-10-11(14)17(3)13(19)16-12(10)18/h7-9,15H,4-6,14H2,1-3H3,(H,16,18,19). The van der Waals surface area contributed by atoms with Crippen LogP contribution in [-0.4, -0.2) is 15.6 Å². The van der Waals surface area contributed by atoms with Gasteiger partial charge >= 0.3 is 5.69 Å². The first-order chi connectivity index (χ1) is 8.91. The minimum Gasteiger partial charge on any atom is -0.383 e. The molecule has 1 heterocycles. The molecule has 6 nitrogen and oxygen atoms in total. The molecule has 3 atom stereocenters. The quantitative estimate of drug-likeness (QED) is 0.741. The highest BCUT2D eigenvalue weighted by atomic mass is 16.2. The molecule has 19 heavy (non-hydrogen) atoms. The zero-order valence-electron chi connectivity index (χ0n) is 11.7. The van der Waals surface area contributed by atoms with Gasteiger partial charge in [-0.2, -0.15) is 0 Å². The second-order valence-corrected chi connectivity index (χ2v) is 5.60. The Kier molecular flexibility index (Phi) is 3.68. The van der Waals surface area contributed by atoms with Gasteiger partial charge in [-0.05, 0) is 18.3 Å². The third-order valence-corrected chi connectivity index (χ3v) is 4.41. The monoisotopic (exact) mass is 266 g/mol. The average Bonchev–Trinajstić information content (AvgIpc) is 2.37. The van der Waals surface area contributed by atoms with Crippen molar-refractivity contribution >= 4 is 11.5 Å². The van der Waals surface area contributed by atoms with Gasteiger partial charge in [-0.15, -0.1) is 0 Å². The van der Waals surface area contributed by atoms with Crippen molar-refractivity contribution in [2.75, 3.05) is 11.1 Å². The molecular formula is C13H22N4O2. The van der Waals surface area contributed by atoms with Crippen molar-refractivity contribution in [3.63, 3.8) is 0 Å². The van der Waals surface area contributed by atoms with Crippen LogP contribution in [-0.2, 0) is 7.05 Å². The predicted molar refractivity (Wildman–Crippen MR) is 76.3 cm³/mol. The molecule has 0 radical (unpaired) electrons. The topological polar surface area (TPSA) is 92.9 Å². The van der Waals surface area contributed by atoms with Gasteiger partial charge < -0.3 is 11.1 Å². The Morgan fingerprint density at radius 1 is 1.32 bits per heavy atom. The van der Waals surface area contributed by atoms with Crippen LogP contribution in [0.1, 0.15) is 33.1 Å². The van der Waals surface area contributed by atoms with Crippen molar-refractivity contribution in [3.05, 3.63) is 20.8 Å². The lowest BCUT2D eigenvalue weighted by atomic mass is 9.78. The number of rotatable bonds is 2. The zero-order chi connectivity index (χ0) is 14.2. The van der Waals surface area contributed by atoms with Gasteiger partial charge in [0.05, 0.1) is 0 Å². The van der Waals surface area contributed by atoms with Crippen molar-refractivity contribution in [1.82, 2.24) is 9.55 Å². The van der Waals surface area contributed by atoms with Crippen LogP contribution < -0.4 is 22.3 Å². The van der Waals surface area contributed by atoms with Crippen LogP contribution in [0, 0.1) is 11.8 Å². The molecule has 3 unspecified atom stereocenters. The molecule has 0 aliphatic heterocycles. The Hall–Kier alpha value is -1.72. The lowest BCUT2D eigenvalue weighted by Gasteiger charge is -2.35. The van der Waals surface area contributed by atoms with E-state index in [0.717, 1.165) is 12.8 Å². The van der Waals surface area contributed by atoms with Crippen LogP contribution in [0.2, 0.25) is 0 Å². The molecule has 0 spiro atoms. The van der Waals surface area contributed by atoms with Crippen molar-refractivity contribution in [1.29, 1.82) is 0 Å². The Morgan fingerprint density at radius 2 is 2.00 bits per heavy atom. The van der Waals surface area contributed by atoms with Gasteiger partial charge in [0.25, 0.3) is 5.56 Å². The molecule has 1 aliphatic rings. The van der Waals surface area contributed by atoms with Crippen LogP contribution in [0.15, 0.2) is 9.59 Å². The first-order valence-electron chi connectivity index (χ1n) is 6.77. The average molecular weight is 266 g/mol. The number of aromatic nitrogens is 2. The summed E-state index contributed by atoms with van der Waals surface area (Å²) in [6.45, 7) is 4.42. The molecule has 0 saturated heterocycles. The van der Waals surface area contributed by atoms with E-state index in [0.29, 0.717) is 17.5 Å². The first kappa shape index (κ1) is 13.7. The summed E-state index contributed by atoms with van der Waals surface area (Å²) in [5, 5.41) is 3.24. The van der Waals surface area contributed by atoms with Crippen LogP contribution in [0.5, 0.6) is 0 Å². The van der Waals surface area contributed by atoms with E-state index >= 15 is 0 Å². The molecule has 1 aromatic heterocycles. The summed E-state index contributed by atoms with van der Waals surface area (Å²) in [6.07, 6.45) is 3.39. The fourth-order valence-corrected chi connectivity index (χ4v) is 2.75. The number of nitrogens with one attached hydrogen (secondary N) is 2. The first-order valence-corrected chi connectivity index (χ1v) is 6.77. The van der Waals surface area contributed by atoms with Gasteiger partial charge in [0, 0.05) is 13.1 Å². The highest BCUT2D eigenvalue weighted by molar-refractivity contribution is 5.60. The molecule has 2 rings (SSSR count). The van der Waals surface area contributed by atoms with Gasteiger partial charge in [-0.3, -0.25) is 14.3 Å². The largest absolute Gasteiger partial charge is 0.383 e. The SMILES string of the molecule is CC1CCCC(Nc2c(N)n(C)c(=O)[nH]c2=O)C1C. The fraction of sp³-hybridized carbons (Fsp3) is 0.692. The molecule has 0 amide bonds. The fourth-order valence-electron chi connectivity index (χ4n) is 2.75. The number of aromatic amines is 1. The lowest BCUT2D eigenvalue weighted by Crippen LogP contribution is -2.39. The van der Waals surface area contributed by atoms with E-state index in [1.54, 1.807) is 7.05 Å². The Morgan fingerprint density at radius 3 is 2.68 bits per heavy atom. The summed E-state index contributed by atoms with van der Waals surface area (Å²) in [4.78, 5) is 25.6. The number of nitrogens with two attached hydrogens (primary N) is 1. The summed E-state index contributed by atoms with van der Waals surface area (Å²) in [6, 6.07) is 0.227. The van der Waals surface area contributed by atoms with E-state index in [4.69, 9.17) is 5.73 Å². The molecule has 1 aromatic rings. The summed E-state index contributed by atoms with van der Waals surface area (Å²) in [5.41, 5.74) is 5.25. The van der Waals surface area contributed by atoms with Crippen molar-refractivity contribution in [3.8, 4) is 0 Å². The Balaban J connectivity index is 2.31. The van der Waals surface area contributed by atoms with E-state index in [1.165, 1.54) is 11.0 Å². The molecule has 4 N–H and O–H groups in total. The number of H-pyrrole nitrogens is 1. The van der Waals surface area contributed by atoms with Crippen LogP contribution in [0.25, 0.3) is 0 Å². The van der Waals surface area contributed by atoms with E-state index in [2.05, 4.69) is 24.1 Å². The highest BCUT2D eigenvalue weighted by Gasteiger charge is 2.28. The normalized spacial score (nSPS) is 27.2. The molecule has 0 bridgehead atoms. The van der Waals surface area contributed by atoms with Gasteiger partial charge in [-0.1, -0.05) is 26.7 Å². The van der Waals surface area contributed by atoms with E-state index in [1.807, 2.05) is 0 Å². The summed E-state index contributed by atoms with van der Waals surface area (Å²) in [5.74, 6) is 1.29. The second-order valence-electron chi connectivity index (χ2n) is 5.60. The van der Waals surface area contributed by atoms with Gasteiger partial charge in [0.2, 0.25) is 0 Å². The number of hydrogen-bond donors (Lipinski definition) is 3. The maximum Gasteiger partial charge on any atom is 0.329 e. The van der Waals surface area contributed by atoms with E-state index in [-0.39, 0.29) is 11.9 Å². The maximum atomic E-state index is 11.9. The molecule has 0 aromatic carbocycles. The smallest absolute Gasteiger partial charge is 0.329 e. The van der Waals surface area contributed by atoms with Crippen LogP contribution in [0.4, 0.5) is 11.5 Å². The molecule has 106 valence electrons. The highest BCUT2D eigenvalue weighted by Crippen LogP contribution is 2.31. The minimum atomic E-state index is -0.488. The summed E-state index contributed by atoms with van der Waals surface area (Å²) in [7, 11) is 1.55. The molecule has 6 heteroatoms. The maximum absolute atomic E-state index is 11.9. The minimum absolute atomic E-state index is 0.194. The number of anilines is 2. The Bertz CT molecular complexity index is 575. The predicted octanol–water partition coefficient (Wildman–Crippen LogP) is 0.892. The van der Waals surface area contributed by atoms with Crippen LogP contribution >= 0.6 is 0 Å². The third-order valence-electron chi connectivity index (χ3n) is 4.41. The number of nitrogens with zero attached hydrogens (tertiary/aromatic N) is 1. The van der Waals surface area contributed by atoms with Crippen molar-refractivity contribution < 1.29 is 0 Å². The third kappa shape index (κ3) is 2.52. The molecule has 1 aliphatic carbocycles. The second kappa shape index (κ2) is 5.11. The van der Waals surface area contributed by atoms with Gasteiger partial charge in [-0.25, -0.2) is 4.79 Å². The van der Waals surface area contributed by atoms with Gasteiger partial charge in [0.1, 0.15) is 11.5 Å². The van der Waals surface area contributed by atoms with Crippen molar-refractivity contribution in [2.45, 2.75) is 39.2 Å². The molecular weight excluding hydrogens is 244 g/mol. The van der Waals surface area contributed by atoms with Crippen molar-refractivity contribution in [2.24, 2.45) is 18.9 Å². The van der Waals surface area contributed by atoms with Gasteiger partial charge in [0.15, 0.2) is 0 Å². The molecule has 1 saturated carbocycles. The number of nitrogen functional groups attached to an aromatic ring is 1. The van der Waals surface area contributed by atoms with Crippen LogP contribution in [0.3, 0.4) is 0 Å². The molecule has 1 fully saturated rings. The lowest BCUT2D eigenvalue weighted by molar-refractivity contribution is 0.253.